The van der Waals surface area contributed by atoms with Gasteiger partial charge in [-0.3, -0.25) is 5.43 Å². The van der Waals surface area contributed by atoms with Gasteiger partial charge in [-0.1, -0.05) is 18.2 Å². The van der Waals surface area contributed by atoms with Crippen molar-refractivity contribution in [2.24, 2.45) is 0 Å². The van der Waals surface area contributed by atoms with Crippen LogP contribution >= 0.6 is 0 Å². The number of nitrogens with one attached hydrogen (secondary N) is 1. The van der Waals surface area contributed by atoms with Crippen LogP contribution in [0.15, 0.2) is 54.7 Å². The Morgan fingerprint density at radius 1 is 0.947 bits per heavy atom. The second kappa shape index (κ2) is 4.45. The standard InChI is InChI=1S/C14H14N4O/c15-11-4-1-3-10(7-11)14-9-17-18(19-14)13-6-2-5-12(16)8-13/h1-9,17H,15-16H2. The summed E-state index contributed by atoms with van der Waals surface area (Å²) in [5.74, 6) is 0.703. The molecular weight excluding hydrogens is 240 g/mol. The Morgan fingerprint density at radius 2 is 1.68 bits per heavy atom. The van der Waals surface area contributed by atoms with Gasteiger partial charge in [-0.25, -0.2) is 0 Å². The summed E-state index contributed by atoms with van der Waals surface area (Å²) in [4.78, 5) is 5.72. The van der Waals surface area contributed by atoms with E-state index in [9.17, 15) is 0 Å². The molecule has 19 heavy (non-hydrogen) atoms. The largest absolute Gasteiger partial charge is 0.399 e. The van der Waals surface area contributed by atoms with Gasteiger partial charge in [0.05, 0.1) is 6.20 Å². The molecule has 0 spiro atoms. The summed E-state index contributed by atoms with van der Waals surface area (Å²) in [6.07, 6.45) is 1.78. The Kier molecular flexibility index (Phi) is 2.64. The highest BCUT2D eigenvalue weighted by molar-refractivity contribution is 5.66. The van der Waals surface area contributed by atoms with E-state index in [2.05, 4.69) is 5.43 Å². The molecule has 0 bridgehead atoms. The van der Waals surface area contributed by atoms with E-state index in [1.165, 1.54) is 0 Å². The van der Waals surface area contributed by atoms with E-state index in [4.69, 9.17) is 16.3 Å². The number of rotatable bonds is 2. The molecule has 1 heterocycles. The van der Waals surface area contributed by atoms with Crippen LogP contribution in [0, 0.1) is 0 Å². The molecule has 0 atom stereocenters. The lowest BCUT2D eigenvalue weighted by atomic mass is 10.2. The van der Waals surface area contributed by atoms with Gasteiger partial charge in [0.15, 0.2) is 5.76 Å². The molecule has 2 aromatic rings. The van der Waals surface area contributed by atoms with Crippen molar-refractivity contribution in [1.29, 1.82) is 0 Å². The first-order valence-electron chi connectivity index (χ1n) is 5.88. The number of benzene rings is 2. The van der Waals surface area contributed by atoms with Crippen LogP contribution < -0.4 is 22.1 Å². The summed E-state index contributed by atoms with van der Waals surface area (Å²) >= 11 is 0. The minimum atomic E-state index is 0.681. The highest BCUT2D eigenvalue weighted by atomic mass is 16.7. The molecule has 0 aliphatic carbocycles. The van der Waals surface area contributed by atoms with Gasteiger partial charge >= 0.3 is 0 Å². The quantitative estimate of drug-likeness (QED) is 0.715. The van der Waals surface area contributed by atoms with Gasteiger partial charge in [0.25, 0.3) is 0 Å². The van der Waals surface area contributed by atoms with Crippen LogP contribution in [-0.2, 0) is 4.84 Å². The zero-order chi connectivity index (χ0) is 13.2. The predicted molar refractivity (Wildman–Crippen MR) is 76.4 cm³/mol. The first kappa shape index (κ1) is 11.3. The Morgan fingerprint density at radius 3 is 2.42 bits per heavy atom. The van der Waals surface area contributed by atoms with E-state index in [1.54, 1.807) is 11.4 Å². The number of hydrogen-bond donors (Lipinski definition) is 3. The maximum absolute atomic E-state index is 5.76. The van der Waals surface area contributed by atoms with Crippen molar-refractivity contribution in [3.05, 3.63) is 60.3 Å². The number of hydrogen-bond acceptors (Lipinski definition) is 5. The van der Waals surface area contributed by atoms with Crippen LogP contribution in [0.25, 0.3) is 5.76 Å². The van der Waals surface area contributed by atoms with E-state index in [0.717, 1.165) is 11.3 Å². The van der Waals surface area contributed by atoms with Crippen LogP contribution in [-0.4, -0.2) is 0 Å². The fourth-order valence-corrected chi connectivity index (χ4v) is 1.87. The summed E-state index contributed by atoms with van der Waals surface area (Å²) in [6, 6.07) is 14.9. The van der Waals surface area contributed by atoms with Crippen molar-refractivity contribution in [2.75, 3.05) is 16.6 Å². The summed E-state index contributed by atoms with van der Waals surface area (Å²) in [5.41, 5.74) is 17.7. The molecule has 96 valence electrons. The molecule has 1 aliphatic rings. The Hall–Kier alpha value is -2.82. The van der Waals surface area contributed by atoms with Crippen LogP contribution in [0.4, 0.5) is 17.1 Å². The minimum absolute atomic E-state index is 0.681. The first-order chi connectivity index (χ1) is 9.22. The second-order valence-electron chi connectivity index (χ2n) is 4.24. The molecule has 0 aromatic heterocycles. The Labute approximate surface area is 111 Å². The molecule has 3 rings (SSSR count). The number of nitrogens with two attached hydrogens (primary N) is 2. The van der Waals surface area contributed by atoms with Crippen molar-refractivity contribution >= 4 is 22.8 Å². The van der Waals surface area contributed by atoms with Crippen LogP contribution in [0.2, 0.25) is 0 Å². The van der Waals surface area contributed by atoms with E-state index in [1.807, 2.05) is 48.5 Å². The van der Waals surface area contributed by atoms with Gasteiger partial charge < -0.3 is 16.3 Å². The van der Waals surface area contributed by atoms with Gasteiger partial charge in [0.1, 0.15) is 5.69 Å². The van der Waals surface area contributed by atoms with Crippen molar-refractivity contribution in [1.82, 2.24) is 5.43 Å². The molecular formula is C14H14N4O. The molecule has 5 N–H and O–H groups in total. The van der Waals surface area contributed by atoms with Crippen LogP contribution in [0.1, 0.15) is 5.56 Å². The fraction of sp³-hybridized carbons (Fsp3) is 0. The average Bonchev–Trinajstić information content (AvgIpc) is 2.88. The molecule has 0 unspecified atom stereocenters. The predicted octanol–water partition coefficient (Wildman–Crippen LogP) is 2.11. The number of hydrazine groups is 1. The molecule has 0 saturated carbocycles. The van der Waals surface area contributed by atoms with E-state index in [-0.39, 0.29) is 0 Å². The molecule has 0 saturated heterocycles. The Balaban J connectivity index is 1.80. The van der Waals surface area contributed by atoms with Gasteiger partial charge in [-0.05, 0) is 30.3 Å². The summed E-state index contributed by atoms with van der Waals surface area (Å²) in [7, 11) is 0. The number of nitrogens with zero attached hydrogens (tertiary/aromatic N) is 1. The topological polar surface area (TPSA) is 76.5 Å². The molecule has 0 fully saturated rings. The van der Waals surface area contributed by atoms with Gasteiger partial charge in [0, 0.05) is 16.9 Å². The molecule has 2 aromatic carbocycles. The minimum Gasteiger partial charge on any atom is -0.399 e. The smallest absolute Gasteiger partial charge is 0.182 e. The average molecular weight is 254 g/mol. The van der Waals surface area contributed by atoms with Gasteiger partial charge in [-0.15, -0.1) is 5.17 Å². The molecule has 0 amide bonds. The van der Waals surface area contributed by atoms with E-state index >= 15 is 0 Å². The fourth-order valence-electron chi connectivity index (χ4n) is 1.87. The van der Waals surface area contributed by atoms with Crippen LogP contribution in [0.3, 0.4) is 0 Å². The lowest BCUT2D eigenvalue weighted by Crippen LogP contribution is -2.28. The lowest BCUT2D eigenvalue weighted by Gasteiger charge is -2.18. The number of nitrogen functional groups attached to an aromatic ring is 2. The number of anilines is 3. The summed E-state index contributed by atoms with van der Waals surface area (Å²) < 4.78 is 0. The van der Waals surface area contributed by atoms with Crippen molar-refractivity contribution < 1.29 is 4.84 Å². The van der Waals surface area contributed by atoms with E-state index in [0.29, 0.717) is 17.1 Å². The van der Waals surface area contributed by atoms with Crippen molar-refractivity contribution in [3.8, 4) is 0 Å². The first-order valence-corrected chi connectivity index (χ1v) is 5.88. The molecule has 5 heteroatoms. The highest BCUT2D eigenvalue weighted by Crippen LogP contribution is 2.26. The normalized spacial score (nSPS) is 13.7. The molecule has 5 nitrogen and oxygen atoms in total. The van der Waals surface area contributed by atoms with Gasteiger partial charge in [-0.2, -0.15) is 0 Å². The van der Waals surface area contributed by atoms with Crippen molar-refractivity contribution in [3.63, 3.8) is 0 Å². The zero-order valence-corrected chi connectivity index (χ0v) is 10.2. The monoisotopic (exact) mass is 254 g/mol. The summed E-state index contributed by atoms with van der Waals surface area (Å²) in [5, 5.41) is 1.55. The maximum Gasteiger partial charge on any atom is 0.182 e. The van der Waals surface area contributed by atoms with Crippen LogP contribution in [0.5, 0.6) is 0 Å². The third-order valence-corrected chi connectivity index (χ3v) is 2.78. The summed E-state index contributed by atoms with van der Waals surface area (Å²) in [6.45, 7) is 0. The lowest BCUT2D eigenvalue weighted by molar-refractivity contribution is 0.243. The second-order valence-corrected chi connectivity index (χ2v) is 4.24. The molecule has 1 aliphatic heterocycles. The Bertz CT molecular complexity index is 639. The molecule has 0 radical (unpaired) electrons. The highest BCUT2D eigenvalue weighted by Gasteiger charge is 2.17. The maximum atomic E-state index is 5.76. The van der Waals surface area contributed by atoms with E-state index < -0.39 is 0 Å². The van der Waals surface area contributed by atoms with Crippen molar-refractivity contribution in [2.45, 2.75) is 0 Å². The SMILES string of the molecule is Nc1cccc(C2=CNN(c3cccc(N)c3)O2)c1. The third kappa shape index (κ3) is 2.26. The zero-order valence-electron chi connectivity index (χ0n) is 10.2. The third-order valence-electron chi connectivity index (χ3n) is 2.78. The van der Waals surface area contributed by atoms with Gasteiger partial charge in [0.2, 0.25) is 0 Å².